The van der Waals surface area contributed by atoms with Crippen LogP contribution in [0.15, 0.2) is 12.2 Å². The molecule has 34 heavy (non-hydrogen) atoms. The summed E-state index contributed by atoms with van der Waals surface area (Å²) < 4.78 is 0.284. The highest BCUT2D eigenvalue weighted by atomic mass is 16.4. The standard InChI is InChI=1S/C29H55NO4/c1-7-8-9-10-11-12-13-14-15-16-17-18-19-20-21-22-23-25(24-26(31)32)29(2,3)27(28(33)34)30(4,5)6/h14-15,25,27H,7-13,16-24H2,1-6H3,(H-,31,32,33,34)/p+1. The first kappa shape index (κ1) is 32.6. The minimum absolute atomic E-state index is 0.0296. The van der Waals surface area contributed by atoms with E-state index in [0.29, 0.717) is 0 Å². The summed E-state index contributed by atoms with van der Waals surface area (Å²) in [7, 11) is 5.63. The summed E-state index contributed by atoms with van der Waals surface area (Å²) >= 11 is 0. The van der Waals surface area contributed by atoms with Crippen molar-refractivity contribution < 1.29 is 24.3 Å². The van der Waals surface area contributed by atoms with Crippen LogP contribution in [-0.2, 0) is 9.59 Å². The number of hydrogen-bond acceptors (Lipinski definition) is 2. The van der Waals surface area contributed by atoms with Gasteiger partial charge < -0.3 is 14.7 Å². The predicted octanol–water partition coefficient (Wildman–Crippen LogP) is 7.69. The summed E-state index contributed by atoms with van der Waals surface area (Å²) in [6.45, 7) is 6.12. The minimum atomic E-state index is -0.853. The van der Waals surface area contributed by atoms with Crippen molar-refractivity contribution in [2.24, 2.45) is 11.3 Å². The van der Waals surface area contributed by atoms with Crippen molar-refractivity contribution in [1.29, 1.82) is 0 Å². The zero-order valence-electron chi connectivity index (χ0n) is 23.3. The van der Waals surface area contributed by atoms with E-state index in [9.17, 15) is 19.8 Å². The second-order valence-corrected chi connectivity index (χ2v) is 11.7. The Morgan fingerprint density at radius 2 is 1.21 bits per heavy atom. The number of quaternary nitrogens is 1. The fourth-order valence-corrected chi connectivity index (χ4v) is 5.46. The fourth-order valence-electron chi connectivity index (χ4n) is 5.46. The average Bonchev–Trinajstić information content (AvgIpc) is 2.70. The topological polar surface area (TPSA) is 74.6 Å². The number of allylic oxidation sites excluding steroid dienone is 2. The minimum Gasteiger partial charge on any atom is -0.481 e. The molecule has 0 rings (SSSR count). The summed E-state index contributed by atoms with van der Waals surface area (Å²) in [6.07, 6.45) is 22.9. The lowest BCUT2D eigenvalue weighted by Crippen LogP contribution is -2.59. The van der Waals surface area contributed by atoms with Gasteiger partial charge in [0.15, 0.2) is 6.04 Å². The number of carboxylic acids is 2. The molecule has 0 spiro atoms. The van der Waals surface area contributed by atoms with Crippen LogP contribution < -0.4 is 0 Å². The van der Waals surface area contributed by atoms with Crippen molar-refractivity contribution in [2.75, 3.05) is 21.1 Å². The molecule has 0 aromatic rings. The summed E-state index contributed by atoms with van der Waals surface area (Å²) in [5, 5.41) is 19.3. The zero-order valence-corrected chi connectivity index (χ0v) is 23.3. The Kier molecular flexibility index (Phi) is 17.3. The van der Waals surface area contributed by atoms with Gasteiger partial charge in [0.05, 0.1) is 21.1 Å². The normalized spacial score (nSPS) is 14.4. The number of aliphatic carboxylic acids is 2. The van der Waals surface area contributed by atoms with Crippen LogP contribution in [0.5, 0.6) is 0 Å². The number of carbonyl (C=O) groups is 2. The third-order valence-electron chi connectivity index (χ3n) is 7.25. The van der Waals surface area contributed by atoms with Crippen molar-refractivity contribution in [3.05, 3.63) is 12.2 Å². The molecule has 0 aromatic heterocycles. The molecular weight excluding hydrogens is 426 g/mol. The lowest BCUT2D eigenvalue weighted by atomic mass is 9.68. The lowest BCUT2D eigenvalue weighted by Gasteiger charge is -2.44. The van der Waals surface area contributed by atoms with Crippen LogP contribution in [0.3, 0.4) is 0 Å². The Morgan fingerprint density at radius 3 is 1.62 bits per heavy atom. The van der Waals surface area contributed by atoms with Crippen LogP contribution in [0.2, 0.25) is 0 Å². The molecule has 0 heterocycles. The van der Waals surface area contributed by atoms with Gasteiger partial charge in [-0.15, -0.1) is 0 Å². The molecule has 5 nitrogen and oxygen atoms in total. The molecule has 200 valence electrons. The van der Waals surface area contributed by atoms with Gasteiger partial charge in [0.25, 0.3) is 0 Å². The molecule has 0 fully saturated rings. The van der Waals surface area contributed by atoms with Gasteiger partial charge in [0, 0.05) is 11.8 Å². The molecular formula is C29H56NO4+. The van der Waals surface area contributed by atoms with Gasteiger partial charge in [-0.3, -0.25) is 4.79 Å². The van der Waals surface area contributed by atoms with Gasteiger partial charge >= 0.3 is 11.9 Å². The highest BCUT2D eigenvalue weighted by molar-refractivity contribution is 5.73. The van der Waals surface area contributed by atoms with Crippen molar-refractivity contribution in [1.82, 2.24) is 0 Å². The molecule has 0 aromatic carbocycles. The van der Waals surface area contributed by atoms with Crippen molar-refractivity contribution in [3.8, 4) is 0 Å². The first-order valence-electron chi connectivity index (χ1n) is 13.8. The van der Waals surface area contributed by atoms with E-state index in [1.165, 1.54) is 77.0 Å². The van der Waals surface area contributed by atoms with Crippen LogP contribution in [0, 0.1) is 11.3 Å². The highest BCUT2D eigenvalue weighted by Crippen LogP contribution is 2.40. The van der Waals surface area contributed by atoms with E-state index in [1.807, 2.05) is 35.0 Å². The second kappa shape index (κ2) is 18.0. The van der Waals surface area contributed by atoms with Gasteiger partial charge in [-0.25, -0.2) is 4.79 Å². The summed E-state index contributed by atoms with van der Waals surface area (Å²) in [4.78, 5) is 23.6. The lowest BCUT2D eigenvalue weighted by molar-refractivity contribution is -0.895. The van der Waals surface area contributed by atoms with Gasteiger partial charge in [0.2, 0.25) is 0 Å². The number of carboxylic acid groups (broad SMARTS) is 2. The first-order valence-corrected chi connectivity index (χ1v) is 13.8. The highest BCUT2D eigenvalue weighted by Gasteiger charge is 2.49. The van der Waals surface area contributed by atoms with E-state index in [1.54, 1.807) is 0 Å². The van der Waals surface area contributed by atoms with Crippen LogP contribution in [0.4, 0.5) is 0 Å². The number of rotatable bonds is 22. The number of hydrogen-bond donors (Lipinski definition) is 2. The SMILES string of the molecule is CCCCCCCCC=CCCCCCCCCC(CC(=O)O)C(C)(C)C(C(=O)O)[N+](C)(C)C. The third kappa shape index (κ3) is 14.8. The van der Waals surface area contributed by atoms with Gasteiger partial charge in [-0.1, -0.05) is 97.1 Å². The molecule has 0 amide bonds. The van der Waals surface area contributed by atoms with E-state index >= 15 is 0 Å². The average molecular weight is 483 g/mol. The predicted molar refractivity (Wildman–Crippen MR) is 143 cm³/mol. The van der Waals surface area contributed by atoms with E-state index in [4.69, 9.17) is 0 Å². The Hall–Kier alpha value is -1.36. The van der Waals surface area contributed by atoms with Crippen LogP contribution in [-0.4, -0.2) is 53.8 Å². The molecule has 2 N–H and O–H groups in total. The molecule has 0 aliphatic rings. The Labute approximate surface area is 210 Å². The third-order valence-corrected chi connectivity index (χ3v) is 7.25. The Bertz CT molecular complexity index is 577. The van der Waals surface area contributed by atoms with Crippen molar-refractivity contribution in [3.63, 3.8) is 0 Å². The monoisotopic (exact) mass is 482 g/mol. The second-order valence-electron chi connectivity index (χ2n) is 11.7. The maximum atomic E-state index is 12.0. The molecule has 0 saturated heterocycles. The quantitative estimate of drug-likeness (QED) is 0.0942. The van der Waals surface area contributed by atoms with E-state index in [-0.39, 0.29) is 16.8 Å². The van der Waals surface area contributed by atoms with E-state index in [0.717, 1.165) is 19.3 Å². The molecule has 2 unspecified atom stereocenters. The smallest absolute Gasteiger partial charge is 0.363 e. The van der Waals surface area contributed by atoms with Gasteiger partial charge in [-0.05, 0) is 38.0 Å². The zero-order chi connectivity index (χ0) is 26.0. The number of unbranched alkanes of at least 4 members (excludes halogenated alkanes) is 12. The van der Waals surface area contributed by atoms with Gasteiger partial charge in [-0.2, -0.15) is 0 Å². The van der Waals surface area contributed by atoms with Crippen LogP contribution in [0.25, 0.3) is 0 Å². The van der Waals surface area contributed by atoms with Gasteiger partial charge in [0.1, 0.15) is 0 Å². The maximum Gasteiger partial charge on any atom is 0.363 e. The molecule has 0 aliphatic carbocycles. The molecule has 0 radical (unpaired) electrons. The summed E-state index contributed by atoms with van der Waals surface area (Å²) in [6, 6.07) is -0.647. The van der Waals surface area contributed by atoms with Crippen LogP contribution in [0.1, 0.15) is 124 Å². The van der Waals surface area contributed by atoms with E-state index in [2.05, 4.69) is 19.1 Å². The molecule has 2 atom stereocenters. The number of likely N-dealkylation sites (N-methyl/N-ethyl adjacent to an activating group) is 1. The van der Waals surface area contributed by atoms with Crippen molar-refractivity contribution in [2.45, 2.75) is 130 Å². The Balaban J connectivity index is 4.19. The van der Waals surface area contributed by atoms with Crippen LogP contribution >= 0.6 is 0 Å². The van der Waals surface area contributed by atoms with E-state index < -0.39 is 23.4 Å². The largest absolute Gasteiger partial charge is 0.481 e. The molecule has 0 saturated carbocycles. The number of nitrogens with zero attached hydrogens (tertiary/aromatic N) is 1. The fraction of sp³-hybridized carbons (Fsp3) is 0.862. The Morgan fingerprint density at radius 1 is 0.765 bits per heavy atom. The first-order chi connectivity index (χ1) is 15.9. The molecule has 0 bridgehead atoms. The summed E-state index contributed by atoms with van der Waals surface area (Å²) in [5.74, 6) is -1.85. The maximum absolute atomic E-state index is 12.0. The molecule has 5 heteroatoms. The summed E-state index contributed by atoms with van der Waals surface area (Å²) in [5.41, 5.74) is -0.607. The molecule has 0 aliphatic heterocycles. The van der Waals surface area contributed by atoms with Crippen molar-refractivity contribution >= 4 is 11.9 Å².